The van der Waals surface area contributed by atoms with Gasteiger partial charge in [-0.25, -0.2) is 0 Å². The van der Waals surface area contributed by atoms with Gasteiger partial charge < -0.3 is 5.73 Å². The number of hydrogen-bond acceptors (Lipinski definition) is 2. The van der Waals surface area contributed by atoms with E-state index in [2.05, 4.69) is 0 Å². The van der Waals surface area contributed by atoms with Gasteiger partial charge in [0.15, 0.2) is 5.78 Å². The smallest absolute Gasteiger partial charge is 0.158 e. The van der Waals surface area contributed by atoms with Gasteiger partial charge in [-0.15, -0.1) is 0 Å². The van der Waals surface area contributed by atoms with Crippen molar-refractivity contribution in [1.82, 2.24) is 0 Å². The summed E-state index contributed by atoms with van der Waals surface area (Å²) < 4.78 is 0. The Bertz CT molecular complexity index is 251. The van der Waals surface area contributed by atoms with E-state index in [1.165, 1.54) is 0 Å². The largest absolute Gasteiger partial charge is 0.405 e. The fourth-order valence-electron chi connectivity index (χ4n) is 1.38. The van der Waals surface area contributed by atoms with E-state index in [0.717, 1.165) is 17.6 Å². The lowest BCUT2D eigenvalue weighted by atomic mass is 9.85. The average molecular weight is 165 g/mol. The molecule has 0 aliphatic heterocycles. The van der Waals surface area contributed by atoms with Crippen LogP contribution in [0.15, 0.2) is 23.4 Å². The predicted molar refractivity (Wildman–Crippen MR) is 49.4 cm³/mol. The molecule has 0 aromatic heterocycles. The molecule has 0 fully saturated rings. The summed E-state index contributed by atoms with van der Waals surface area (Å²) in [4.78, 5) is 11.3. The zero-order valence-corrected chi connectivity index (χ0v) is 7.63. The highest BCUT2D eigenvalue weighted by Crippen LogP contribution is 2.25. The second kappa shape index (κ2) is 3.57. The van der Waals surface area contributed by atoms with Gasteiger partial charge in [-0.3, -0.25) is 4.79 Å². The molecule has 1 rings (SSSR count). The maximum absolute atomic E-state index is 11.3. The Kier molecular flexibility index (Phi) is 2.69. The Morgan fingerprint density at radius 2 is 2.42 bits per heavy atom. The van der Waals surface area contributed by atoms with Crippen LogP contribution < -0.4 is 5.73 Å². The van der Waals surface area contributed by atoms with Crippen molar-refractivity contribution in [2.24, 2.45) is 11.7 Å². The molecule has 0 aromatic rings. The minimum Gasteiger partial charge on any atom is -0.405 e. The van der Waals surface area contributed by atoms with Gasteiger partial charge in [-0.2, -0.15) is 0 Å². The highest BCUT2D eigenvalue weighted by Gasteiger charge is 2.19. The Labute approximate surface area is 73.1 Å². The number of hydrogen-bond donors (Lipinski definition) is 1. The van der Waals surface area contributed by atoms with E-state index in [4.69, 9.17) is 5.73 Å². The van der Waals surface area contributed by atoms with Crippen molar-refractivity contribution in [3.63, 3.8) is 0 Å². The van der Waals surface area contributed by atoms with E-state index in [1.807, 2.05) is 19.9 Å². The summed E-state index contributed by atoms with van der Waals surface area (Å²) in [5.41, 5.74) is 7.41. The number of carbonyl (C=O) groups excluding carboxylic acids is 1. The van der Waals surface area contributed by atoms with Crippen LogP contribution in [-0.2, 0) is 4.79 Å². The monoisotopic (exact) mass is 165 g/mol. The van der Waals surface area contributed by atoms with Crippen molar-refractivity contribution in [3.8, 4) is 0 Å². The number of allylic oxidation sites excluding steroid dienone is 3. The van der Waals surface area contributed by atoms with E-state index < -0.39 is 0 Å². The van der Waals surface area contributed by atoms with Gasteiger partial charge in [0.2, 0.25) is 0 Å². The molecule has 0 saturated heterocycles. The number of rotatable bonds is 1. The van der Waals surface area contributed by atoms with Crippen LogP contribution in [0.4, 0.5) is 0 Å². The van der Waals surface area contributed by atoms with Crippen LogP contribution in [0.1, 0.15) is 26.7 Å². The summed E-state index contributed by atoms with van der Waals surface area (Å²) >= 11 is 0. The van der Waals surface area contributed by atoms with E-state index in [9.17, 15) is 4.79 Å². The topological polar surface area (TPSA) is 43.1 Å². The average Bonchev–Trinajstić information content (AvgIpc) is 2.08. The van der Waals surface area contributed by atoms with Gasteiger partial charge in [0, 0.05) is 6.42 Å². The van der Waals surface area contributed by atoms with Crippen molar-refractivity contribution >= 4 is 5.78 Å². The summed E-state index contributed by atoms with van der Waals surface area (Å²) in [6.07, 6.45) is 5.19. The molecule has 0 bridgehead atoms. The first-order chi connectivity index (χ1) is 5.65. The second-order valence-corrected chi connectivity index (χ2v) is 3.36. The second-order valence-electron chi connectivity index (χ2n) is 3.36. The molecule has 1 atom stereocenters. The van der Waals surface area contributed by atoms with Gasteiger partial charge in [0.05, 0.1) is 0 Å². The molecule has 1 aliphatic carbocycles. The molecule has 0 saturated carbocycles. The van der Waals surface area contributed by atoms with Gasteiger partial charge in [0.1, 0.15) is 0 Å². The zero-order chi connectivity index (χ0) is 9.14. The minimum absolute atomic E-state index is 0.257. The third kappa shape index (κ3) is 1.76. The van der Waals surface area contributed by atoms with Gasteiger partial charge >= 0.3 is 0 Å². The maximum Gasteiger partial charge on any atom is 0.158 e. The van der Waals surface area contributed by atoms with Crippen LogP contribution in [0.2, 0.25) is 0 Å². The van der Waals surface area contributed by atoms with Crippen molar-refractivity contribution in [2.75, 3.05) is 0 Å². The minimum atomic E-state index is 0.257. The molecule has 0 amide bonds. The number of carbonyl (C=O) groups is 1. The number of nitrogens with two attached hydrogens (primary N) is 1. The SMILES string of the molecule is CC1=CCC(/C(C)=C/N)CC1=O. The third-order valence-electron chi connectivity index (χ3n) is 2.49. The standard InChI is InChI=1S/C10H15NO/c1-7-3-4-9(5-10(7)12)8(2)6-11/h3,6,9H,4-5,11H2,1-2H3/b8-6+. The van der Waals surface area contributed by atoms with Crippen LogP contribution in [0.25, 0.3) is 0 Å². The lowest BCUT2D eigenvalue weighted by Crippen LogP contribution is -2.15. The van der Waals surface area contributed by atoms with Crippen molar-refractivity contribution in [1.29, 1.82) is 0 Å². The summed E-state index contributed by atoms with van der Waals surface area (Å²) in [5.74, 6) is 0.596. The third-order valence-corrected chi connectivity index (χ3v) is 2.49. The number of ketones is 1. The quantitative estimate of drug-likeness (QED) is 0.643. The first-order valence-corrected chi connectivity index (χ1v) is 4.23. The molecule has 1 unspecified atom stereocenters. The lowest BCUT2D eigenvalue weighted by Gasteiger charge is -2.19. The van der Waals surface area contributed by atoms with E-state index in [0.29, 0.717) is 12.3 Å². The molecular formula is C10H15NO. The molecule has 2 N–H and O–H groups in total. The summed E-state index contributed by atoms with van der Waals surface area (Å²) in [7, 11) is 0. The van der Waals surface area contributed by atoms with E-state index in [-0.39, 0.29) is 5.78 Å². The summed E-state index contributed by atoms with van der Waals surface area (Å²) in [6, 6.07) is 0. The molecule has 0 radical (unpaired) electrons. The van der Waals surface area contributed by atoms with Crippen molar-refractivity contribution in [3.05, 3.63) is 23.4 Å². The van der Waals surface area contributed by atoms with E-state index in [1.54, 1.807) is 6.20 Å². The molecule has 66 valence electrons. The molecule has 1 aliphatic rings. The van der Waals surface area contributed by atoms with Crippen LogP contribution >= 0.6 is 0 Å². The van der Waals surface area contributed by atoms with Crippen LogP contribution in [0, 0.1) is 5.92 Å². The first kappa shape index (κ1) is 9.04. The first-order valence-electron chi connectivity index (χ1n) is 4.23. The molecular weight excluding hydrogens is 150 g/mol. The maximum atomic E-state index is 11.3. The Morgan fingerprint density at radius 1 is 1.75 bits per heavy atom. The van der Waals surface area contributed by atoms with Crippen molar-refractivity contribution in [2.45, 2.75) is 26.7 Å². The number of Topliss-reactive ketones (excluding diaryl/α,β-unsaturated/α-hetero) is 1. The van der Waals surface area contributed by atoms with Crippen LogP contribution in [0.5, 0.6) is 0 Å². The van der Waals surface area contributed by atoms with Gasteiger partial charge in [0.25, 0.3) is 0 Å². The summed E-state index contributed by atoms with van der Waals surface area (Å²) in [6.45, 7) is 3.85. The Morgan fingerprint density at radius 3 is 2.92 bits per heavy atom. The summed E-state index contributed by atoms with van der Waals surface area (Å²) in [5, 5.41) is 0. The molecule has 0 heterocycles. The molecule has 0 aromatic carbocycles. The Balaban J connectivity index is 2.72. The predicted octanol–water partition coefficient (Wildman–Crippen LogP) is 1.77. The fourth-order valence-corrected chi connectivity index (χ4v) is 1.38. The Hall–Kier alpha value is -1.05. The lowest BCUT2D eigenvalue weighted by molar-refractivity contribution is -0.116. The zero-order valence-electron chi connectivity index (χ0n) is 7.63. The highest BCUT2D eigenvalue weighted by molar-refractivity contribution is 5.95. The van der Waals surface area contributed by atoms with Crippen LogP contribution in [-0.4, -0.2) is 5.78 Å². The molecule has 12 heavy (non-hydrogen) atoms. The van der Waals surface area contributed by atoms with Gasteiger partial charge in [-0.05, 0) is 38.0 Å². The van der Waals surface area contributed by atoms with Gasteiger partial charge in [-0.1, -0.05) is 11.6 Å². The molecule has 0 spiro atoms. The fraction of sp³-hybridized carbons (Fsp3) is 0.500. The van der Waals surface area contributed by atoms with Crippen molar-refractivity contribution < 1.29 is 4.79 Å². The van der Waals surface area contributed by atoms with E-state index >= 15 is 0 Å². The normalized spacial score (nSPS) is 25.5. The highest BCUT2D eigenvalue weighted by atomic mass is 16.1. The van der Waals surface area contributed by atoms with Crippen LogP contribution in [0.3, 0.4) is 0 Å². The molecule has 2 heteroatoms. The molecule has 2 nitrogen and oxygen atoms in total.